The van der Waals surface area contributed by atoms with Gasteiger partial charge in [-0.05, 0) is 43.2 Å². The van der Waals surface area contributed by atoms with Crippen LogP contribution in [0.1, 0.15) is 33.0 Å². The van der Waals surface area contributed by atoms with Crippen molar-refractivity contribution in [3.8, 4) is 11.5 Å². The number of ether oxygens (including phenoxy) is 3. The Morgan fingerprint density at radius 1 is 1.13 bits per heavy atom. The third-order valence-electron chi connectivity index (χ3n) is 4.78. The van der Waals surface area contributed by atoms with Gasteiger partial charge < -0.3 is 19.1 Å². The normalized spacial score (nSPS) is 10.7. The topological polar surface area (TPSA) is 60.9 Å². The van der Waals surface area contributed by atoms with E-state index in [0.717, 1.165) is 28.4 Å². The summed E-state index contributed by atoms with van der Waals surface area (Å²) in [6.45, 7) is 4.03. The third kappa shape index (κ3) is 6.54. The monoisotopic (exact) mass is 440 g/mol. The average molecular weight is 441 g/mol. The minimum Gasteiger partial charge on any atom is -0.497 e. The molecule has 0 saturated carbocycles. The Hall–Kier alpha value is -2.90. The molecule has 0 unspecified atom stereocenters. The summed E-state index contributed by atoms with van der Waals surface area (Å²) in [5, 5.41) is 2.86. The number of rotatable bonds is 11. The number of amides is 1. The summed E-state index contributed by atoms with van der Waals surface area (Å²) in [4.78, 5) is 19.6. The molecule has 0 spiro atoms. The van der Waals surface area contributed by atoms with E-state index >= 15 is 0 Å². The van der Waals surface area contributed by atoms with Gasteiger partial charge in [0.05, 0.1) is 19.3 Å². The number of carbonyl (C=O) groups excluding carboxylic acids is 1. The molecule has 3 rings (SSSR count). The molecule has 0 fully saturated rings. The van der Waals surface area contributed by atoms with Crippen LogP contribution in [-0.2, 0) is 17.9 Å². The molecule has 0 aliphatic carbocycles. The maximum atomic E-state index is 13.1. The van der Waals surface area contributed by atoms with Crippen LogP contribution in [0.5, 0.6) is 11.5 Å². The maximum absolute atomic E-state index is 13.1. The molecule has 1 aromatic heterocycles. The first-order chi connectivity index (χ1) is 15.1. The SMILES string of the molecule is COCCCN(Cc1csc(COc2ccccc2C)n1)C(=O)c1cccc(OC)c1. The minimum absolute atomic E-state index is 0.0549. The van der Waals surface area contributed by atoms with Gasteiger partial charge in [0.15, 0.2) is 0 Å². The van der Waals surface area contributed by atoms with Crippen LogP contribution in [-0.4, -0.2) is 43.2 Å². The molecule has 1 amide bonds. The molecule has 3 aromatic rings. The van der Waals surface area contributed by atoms with E-state index in [-0.39, 0.29) is 5.91 Å². The zero-order chi connectivity index (χ0) is 22.1. The number of hydrogen-bond acceptors (Lipinski definition) is 6. The van der Waals surface area contributed by atoms with Crippen LogP contribution >= 0.6 is 11.3 Å². The Labute approximate surface area is 187 Å². The van der Waals surface area contributed by atoms with Gasteiger partial charge in [-0.1, -0.05) is 24.3 Å². The van der Waals surface area contributed by atoms with Crippen LogP contribution < -0.4 is 9.47 Å². The fourth-order valence-electron chi connectivity index (χ4n) is 3.13. The second kappa shape index (κ2) is 11.5. The van der Waals surface area contributed by atoms with Crippen molar-refractivity contribution in [1.82, 2.24) is 9.88 Å². The highest BCUT2D eigenvalue weighted by Gasteiger charge is 2.18. The molecule has 0 bridgehead atoms. The van der Waals surface area contributed by atoms with Gasteiger partial charge in [0.25, 0.3) is 5.91 Å². The van der Waals surface area contributed by atoms with Gasteiger partial charge in [0.2, 0.25) is 0 Å². The first kappa shape index (κ1) is 22.8. The van der Waals surface area contributed by atoms with Crippen molar-refractivity contribution < 1.29 is 19.0 Å². The van der Waals surface area contributed by atoms with E-state index in [1.807, 2.05) is 48.7 Å². The summed E-state index contributed by atoms with van der Waals surface area (Å²) in [7, 11) is 3.26. The first-order valence-corrected chi connectivity index (χ1v) is 11.0. The Morgan fingerprint density at radius 2 is 1.97 bits per heavy atom. The van der Waals surface area contributed by atoms with E-state index in [9.17, 15) is 4.79 Å². The Balaban J connectivity index is 1.68. The van der Waals surface area contributed by atoms with E-state index in [4.69, 9.17) is 14.2 Å². The van der Waals surface area contributed by atoms with Crippen LogP contribution in [0.3, 0.4) is 0 Å². The lowest BCUT2D eigenvalue weighted by atomic mass is 10.1. The molecule has 2 aromatic carbocycles. The van der Waals surface area contributed by atoms with E-state index in [1.165, 1.54) is 11.3 Å². The summed E-state index contributed by atoms with van der Waals surface area (Å²) in [6, 6.07) is 15.1. The summed E-state index contributed by atoms with van der Waals surface area (Å²) < 4.78 is 16.3. The van der Waals surface area contributed by atoms with Crippen LogP contribution in [0.25, 0.3) is 0 Å². The van der Waals surface area contributed by atoms with E-state index < -0.39 is 0 Å². The largest absolute Gasteiger partial charge is 0.497 e. The number of methoxy groups -OCH3 is 2. The smallest absolute Gasteiger partial charge is 0.254 e. The molecule has 0 N–H and O–H groups in total. The van der Waals surface area contributed by atoms with Crippen molar-refractivity contribution in [2.45, 2.75) is 26.5 Å². The number of nitrogens with zero attached hydrogens (tertiary/aromatic N) is 2. The van der Waals surface area contributed by atoms with E-state index in [2.05, 4.69) is 4.98 Å². The molecular weight excluding hydrogens is 412 g/mol. The summed E-state index contributed by atoms with van der Waals surface area (Å²) in [5.74, 6) is 1.46. The van der Waals surface area contributed by atoms with Crippen LogP contribution in [0.4, 0.5) is 0 Å². The number of para-hydroxylation sites is 1. The van der Waals surface area contributed by atoms with Crippen LogP contribution in [0.15, 0.2) is 53.9 Å². The number of aromatic nitrogens is 1. The Kier molecular flexibility index (Phi) is 8.44. The van der Waals surface area contributed by atoms with Crippen molar-refractivity contribution in [2.24, 2.45) is 0 Å². The highest BCUT2D eigenvalue weighted by Crippen LogP contribution is 2.21. The summed E-state index contributed by atoms with van der Waals surface area (Å²) >= 11 is 1.54. The zero-order valence-electron chi connectivity index (χ0n) is 18.2. The quantitative estimate of drug-likeness (QED) is 0.404. The average Bonchev–Trinajstić information content (AvgIpc) is 3.25. The highest BCUT2D eigenvalue weighted by molar-refractivity contribution is 7.09. The fraction of sp³-hybridized carbons (Fsp3) is 0.333. The summed E-state index contributed by atoms with van der Waals surface area (Å²) in [5.41, 5.74) is 2.53. The van der Waals surface area contributed by atoms with Crippen LogP contribution in [0.2, 0.25) is 0 Å². The molecular formula is C24H28N2O4S. The van der Waals surface area contributed by atoms with Crippen molar-refractivity contribution in [3.63, 3.8) is 0 Å². The lowest BCUT2D eigenvalue weighted by Crippen LogP contribution is -2.32. The molecule has 0 atom stereocenters. The fourth-order valence-corrected chi connectivity index (χ4v) is 3.83. The van der Waals surface area contributed by atoms with E-state index in [0.29, 0.717) is 37.6 Å². The second-order valence-corrected chi connectivity index (χ2v) is 8.03. The lowest BCUT2D eigenvalue weighted by molar-refractivity contribution is 0.0721. The van der Waals surface area contributed by atoms with Crippen LogP contribution in [0, 0.1) is 6.92 Å². The number of hydrogen-bond donors (Lipinski definition) is 0. The van der Waals surface area contributed by atoms with Gasteiger partial charge in [0.1, 0.15) is 23.1 Å². The van der Waals surface area contributed by atoms with Crippen molar-refractivity contribution >= 4 is 17.2 Å². The number of carbonyl (C=O) groups is 1. The van der Waals surface area contributed by atoms with Gasteiger partial charge in [-0.15, -0.1) is 11.3 Å². The van der Waals surface area contributed by atoms with Crippen molar-refractivity contribution in [1.29, 1.82) is 0 Å². The highest BCUT2D eigenvalue weighted by atomic mass is 32.1. The maximum Gasteiger partial charge on any atom is 0.254 e. The van der Waals surface area contributed by atoms with Gasteiger partial charge >= 0.3 is 0 Å². The molecule has 0 saturated heterocycles. The first-order valence-electron chi connectivity index (χ1n) is 10.1. The van der Waals surface area contributed by atoms with Gasteiger partial charge in [-0.2, -0.15) is 0 Å². The molecule has 164 valence electrons. The molecule has 0 aliphatic rings. The standard InChI is InChI=1S/C24H28N2O4S/c1-18-8-4-5-11-22(18)30-16-23-25-20(17-31-23)15-26(12-7-13-28-2)24(27)19-9-6-10-21(14-19)29-3/h4-6,8-11,14,17H,7,12-13,15-16H2,1-3H3. The van der Waals surface area contributed by atoms with E-state index in [1.54, 1.807) is 31.3 Å². The molecule has 0 radical (unpaired) electrons. The lowest BCUT2D eigenvalue weighted by Gasteiger charge is -2.22. The minimum atomic E-state index is -0.0549. The molecule has 0 aliphatic heterocycles. The predicted molar refractivity (Wildman–Crippen MR) is 122 cm³/mol. The number of benzene rings is 2. The Bertz CT molecular complexity index is 989. The molecule has 31 heavy (non-hydrogen) atoms. The third-order valence-corrected chi connectivity index (χ3v) is 5.65. The van der Waals surface area contributed by atoms with Crippen molar-refractivity contribution in [3.05, 3.63) is 75.7 Å². The molecule has 6 nitrogen and oxygen atoms in total. The number of thiazole rings is 1. The van der Waals surface area contributed by atoms with Crippen molar-refractivity contribution in [2.75, 3.05) is 27.4 Å². The van der Waals surface area contributed by atoms with Gasteiger partial charge in [-0.3, -0.25) is 4.79 Å². The number of aryl methyl sites for hydroxylation is 1. The molecule has 7 heteroatoms. The molecule has 1 heterocycles. The Morgan fingerprint density at radius 3 is 2.74 bits per heavy atom. The second-order valence-electron chi connectivity index (χ2n) is 7.09. The zero-order valence-corrected chi connectivity index (χ0v) is 19.0. The van der Waals surface area contributed by atoms with Gasteiger partial charge in [-0.25, -0.2) is 4.98 Å². The van der Waals surface area contributed by atoms with Gasteiger partial charge in [0, 0.05) is 31.2 Å². The predicted octanol–water partition coefficient (Wildman–Crippen LogP) is 4.72. The summed E-state index contributed by atoms with van der Waals surface area (Å²) in [6.07, 6.45) is 0.750.